The summed E-state index contributed by atoms with van der Waals surface area (Å²) in [6, 6.07) is 0. The lowest BCUT2D eigenvalue weighted by Gasteiger charge is -2.27. The highest BCUT2D eigenvalue weighted by Crippen LogP contribution is 2.16. The molecule has 0 aromatic rings. The molecule has 0 saturated carbocycles. The Kier molecular flexibility index (Phi) is 4.33. The van der Waals surface area contributed by atoms with E-state index in [1.165, 1.54) is 6.92 Å². The third-order valence-corrected chi connectivity index (χ3v) is 1.75. The molecular formula is C8H16O3. The molecule has 0 bridgehead atoms. The molecule has 0 aliphatic carbocycles. The molecule has 11 heavy (non-hydrogen) atoms. The van der Waals surface area contributed by atoms with E-state index in [9.17, 15) is 5.11 Å². The average molecular weight is 160 g/mol. The molecule has 0 aromatic heterocycles. The molecule has 0 spiro atoms. The van der Waals surface area contributed by atoms with Crippen molar-refractivity contribution in [3.63, 3.8) is 0 Å². The van der Waals surface area contributed by atoms with E-state index in [0.29, 0.717) is 12.8 Å². The van der Waals surface area contributed by atoms with Crippen molar-refractivity contribution in [1.82, 2.24) is 0 Å². The Bertz CT molecular complexity index is 121. The van der Waals surface area contributed by atoms with Crippen molar-refractivity contribution in [3.05, 3.63) is 12.7 Å². The third kappa shape index (κ3) is 3.51. The minimum Gasteiger partial charge on any atom is -0.394 e. The van der Waals surface area contributed by atoms with Crippen LogP contribution in [0.3, 0.4) is 0 Å². The maximum absolute atomic E-state index is 9.46. The number of aliphatic hydroxyl groups is 3. The van der Waals surface area contributed by atoms with Gasteiger partial charge in [-0.3, -0.25) is 0 Å². The molecule has 0 aromatic carbocycles. The molecule has 0 aliphatic rings. The van der Waals surface area contributed by atoms with Crippen molar-refractivity contribution in [2.75, 3.05) is 6.61 Å². The zero-order valence-electron chi connectivity index (χ0n) is 6.82. The van der Waals surface area contributed by atoms with E-state index >= 15 is 0 Å². The first-order valence-corrected chi connectivity index (χ1v) is 3.67. The maximum atomic E-state index is 9.46. The zero-order chi connectivity index (χ0) is 8.91. The van der Waals surface area contributed by atoms with E-state index in [0.717, 1.165) is 0 Å². The van der Waals surface area contributed by atoms with Gasteiger partial charge in [0.2, 0.25) is 0 Å². The number of allylic oxidation sites excluding steroid dienone is 1. The van der Waals surface area contributed by atoms with Crippen molar-refractivity contribution in [2.24, 2.45) is 0 Å². The van der Waals surface area contributed by atoms with Gasteiger partial charge in [0.05, 0.1) is 12.2 Å². The van der Waals surface area contributed by atoms with Crippen LogP contribution >= 0.6 is 0 Å². The summed E-state index contributed by atoms with van der Waals surface area (Å²) in [6.07, 6.45) is 1.64. The Morgan fingerprint density at radius 2 is 2.18 bits per heavy atom. The van der Waals surface area contributed by atoms with Gasteiger partial charge in [0.15, 0.2) is 0 Å². The summed E-state index contributed by atoms with van der Waals surface area (Å²) in [5, 5.41) is 27.1. The second-order valence-electron chi connectivity index (χ2n) is 2.88. The van der Waals surface area contributed by atoms with Crippen LogP contribution in [-0.4, -0.2) is 33.6 Å². The Hall–Kier alpha value is -0.380. The summed E-state index contributed by atoms with van der Waals surface area (Å²) < 4.78 is 0. The van der Waals surface area contributed by atoms with Gasteiger partial charge in [0.1, 0.15) is 6.10 Å². The van der Waals surface area contributed by atoms with Crippen LogP contribution in [0.5, 0.6) is 0 Å². The molecule has 2 atom stereocenters. The minimum atomic E-state index is -1.21. The van der Waals surface area contributed by atoms with E-state index in [1.807, 2.05) is 0 Å². The molecule has 3 nitrogen and oxygen atoms in total. The summed E-state index contributed by atoms with van der Waals surface area (Å²) in [5.41, 5.74) is -1.21. The van der Waals surface area contributed by atoms with Crippen LogP contribution in [-0.2, 0) is 0 Å². The number of rotatable bonds is 5. The summed E-state index contributed by atoms with van der Waals surface area (Å²) in [4.78, 5) is 0. The normalized spacial score (nSPS) is 18.9. The standard InChI is InChI=1S/C8H16O3/c1-3-4-5-8(2,11)7(10)6-9/h3,7,9-11H,1,4-6H2,2H3/t7-,8-/m1/s1. The predicted molar refractivity (Wildman–Crippen MR) is 43.1 cm³/mol. The highest BCUT2D eigenvalue weighted by molar-refractivity contribution is 4.84. The average Bonchev–Trinajstić information content (AvgIpc) is 1.99. The minimum absolute atomic E-state index is 0.413. The van der Waals surface area contributed by atoms with Crippen molar-refractivity contribution >= 4 is 0 Å². The summed E-state index contributed by atoms with van der Waals surface area (Å²) >= 11 is 0. The molecular weight excluding hydrogens is 144 g/mol. The van der Waals surface area contributed by atoms with Crippen LogP contribution in [0.1, 0.15) is 19.8 Å². The Balaban J connectivity index is 3.86. The monoisotopic (exact) mass is 160 g/mol. The van der Waals surface area contributed by atoms with Crippen LogP contribution in [0.4, 0.5) is 0 Å². The zero-order valence-corrected chi connectivity index (χ0v) is 6.82. The van der Waals surface area contributed by atoms with Gasteiger partial charge >= 0.3 is 0 Å². The van der Waals surface area contributed by atoms with E-state index in [-0.39, 0.29) is 0 Å². The number of hydrogen-bond donors (Lipinski definition) is 3. The van der Waals surface area contributed by atoms with Gasteiger partial charge in [0.25, 0.3) is 0 Å². The van der Waals surface area contributed by atoms with Crippen molar-refractivity contribution in [1.29, 1.82) is 0 Å². The van der Waals surface area contributed by atoms with Gasteiger partial charge in [0, 0.05) is 0 Å². The van der Waals surface area contributed by atoms with Crippen LogP contribution < -0.4 is 0 Å². The molecule has 0 heterocycles. The largest absolute Gasteiger partial charge is 0.394 e. The SMILES string of the molecule is C=CCC[C@@](C)(O)[C@H](O)CO. The van der Waals surface area contributed by atoms with E-state index in [4.69, 9.17) is 10.2 Å². The fraction of sp³-hybridized carbons (Fsp3) is 0.750. The van der Waals surface area contributed by atoms with Gasteiger partial charge in [-0.2, -0.15) is 0 Å². The summed E-state index contributed by atoms with van der Waals surface area (Å²) in [5.74, 6) is 0. The second kappa shape index (κ2) is 4.49. The van der Waals surface area contributed by atoms with Gasteiger partial charge in [-0.25, -0.2) is 0 Å². The van der Waals surface area contributed by atoms with E-state index in [1.54, 1.807) is 6.08 Å². The smallest absolute Gasteiger partial charge is 0.105 e. The Labute approximate surface area is 67.0 Å². The molecule has 0 unspecified atom stereocenters. The van der Waals surface area contributed by atoms with Gasteiger partial charge in [-0.15, -0.1) is 6.58 Å². The molecule has 66 valence electrons. The topological polar surface area (TPSA) is 60.7 Å². The highest BCUT2D eigenvalue weighted by Gasteiger charge is 2.28. The fourth-order valence-electron chi connectivity index (χ4n) is 0.758. The molecule has 3 heteroatoms. The predicted octanol–water partition coefficient (Wildman–Crippen LogP) is 0.0568. The quantitative estimate of drug-likeness (QED) is 0.498. The lowest BCUT2D eigenvalue weighted by Crippen LogP contribution is -2.41. The molecule has 3 N–H and O–H groups in total. The maximum Gasteiger partial charge on any atom is 0.105 e. The van der Waals surface area contributed by atoms with Crippen molar-refractivity contribution in [2.45, 2.75) is 31.5 Å². The van der Waals surface area contributed by atoms with Crippen LogP contribution in [0.15, 0.2) is 12.7 Å². The number of hydrogen-bond acceptors (Lipinski definition) is 3. The van der Waals surface area contributed by atoms with Gasteiger partial charge in [-0.05, 0) is 19.8 Å². The molecule has 0 saturated heterocycles. The summed E-state index contributed by atoms with van der Waals surface area (Å²) in [6.45, 7) is 4.58. The molecule has 0 aliphatic heterocycles. The Morgan fingerprint density at radius 1 is 1.64 bits per heavy atom. The van der Waals surface area contributed by atoms with Crippen LogP contribution in [0.2, 0.25) is 0 Å². The first-order valence-electron chi connectivity index (χ1n) is 3.67. The van der Waals surface area contributed by atoms with E-state index < -0.39 is 18.3 Å². The van der Waals surface area contributed by atoms with E-state index in [2.05, 4.69) is 6.58 Å². The van der Waals surface area contributed by atoms with Crippen molar-refractivity contribution < 1.29 is 15.3 Å². The lowest BCUT2D eigenvalue weighted by atomic mass is 9.94. The molecule has 0 rings (SSSR count). The number of aliphatic hydroxyl groups excluding tert-OH is 2. The lowest BCUT2D eigenvalue weighted by molar-refractivity contribution is -0.0866. The molecule has 0 radical (unpaired) electrons. The van der Waals surface area contributed by atoms with Gasteiger partial charge < -0.3 is 15.3 Å². The molecule has 0 amide bonds. The molecule has 0 fully saturated rings. The highest BCUT2D eigenvalue weighted by atomic mass is 16.4. The fourth-order valence-corrected chi connectivity index (χ4v) is 0.758. The summed E-state index contributed by atoms with van der Waals surface area (Å²) in [7, 11) is 0. The van der Waals surface area contributed by atoms with Gasteiger partial charge in [-0.1, -0.05) is 6.08 Å². The van der Waals surface area contributed by atoms with Crippen LogP contribution in [0.25, 0.3) is 0 Å². The van der Waals surface area contributed by atoms with Crippen molar-refractivity contribution in [3.8, 4) is 0 Å². The second-order valence-corrected chi connectivity index (χ2v) is 2.88. The Morgan fingerprint density at radius 3 is 2.55 bits per heavy atom. The van der Waals surface area contributed by atoms with Crippen LogP contribution in [0, 0.1) is 0 Å². The first-order chi connectivity index (χ1) is 5.04. The third-order valence-electron chi connectivity index (χ3n) is 1.75. The first kappa shape index (κ1) is 10.6.